The van der Waals surface area contributed by atoms with Crippen molar-refractivity contribution in [1.29, 1.82) is 0 Å². The van der Waals surface area contributed by atoms with E-state index in [1.54, 1.807) is 7.05 Å². The summed E-state index contributed by atoms with van der Waals surface area (Å²) in [6.07, 6.45) is 1.97. The number of aromatic nitrogens is 3. The van der Waals surface area contributed by atoms with Crippen molar-refractivity contribution < 1.29 is 4.39 Å². The van der Waals surface area contributed by atoms with Crippen LogP contribution < -0.4 is 16.0 Å². The minimum absolute atomic E-state index is 0.193. The molecule has 0 amide bonds. The van der Waals surface area contributed by atoms with E-state index in [-0.39, 0.29) is 11.9 Å². The van der Waals surface area contributed by atoms with Crippen molar-refractivity contribution in [3.05, 3.63) is 64.5 Å². The summed E-state index contributed by atoms with van der Waals surface area (Å²) in [7, 11) is 1.80. The summed E-state index contributed by atoms with van der Waals surface area (Å²) in [6.45, 7) is 9.03. The quantitative estimate of drug-likeness (QED) is 0.478. The molecule has 33 heavy (non-hydrogen) atoms. The van der Waals surface area contributed by atoms with Gasteiger partial charge in [-0.3, -0.25) is 4.90 Å². The van der Waals surface area contributed by atoms with Crippen LogP contribution in [-0.4, -0.2) is 46.0 Å². The first-order chi connectivity index (χ1) is 15.9. The lowest BCUT2D eigenvalue weighted by Gasteiger charge is -2.32. The zero-order valence-corrected chi connectivity index (χ0v) is 19.7. The fourth-order valence-corrected chi connectivity index (χ4v) is 4.36. The second-order valence-corrected chi connectivity index (χ2v) is 8.78. The number of hydrogen-bond donors (Lipinski definition) is 3. The van der Waals surface area contributed by atoms with Gasteiger partial charge in [0.25, 0.3) is 0 Å². The number of aryl methyl sites for hydroxylation is 3. The van der Waals surface area contributed by atoms with Gasteiger partial charge in [-0.2, -0.15) is 15.0 Å². The van der Waals surface area contributed by atoms with Gasteiger partial charge in [-0.1, -0.05) is 29.8 Å². The largest absolute Gasteiger partial charge is 0.357 e. The number of likely N-dealkylation sites (tertiary alicyclic amines) is 1. The maximum atomic E-state index is 13.1. The molecule has 0 atom stereocenters. The Morgan fingerprint density at radius 3 is 2.15 bits per heavy atom. The molecule has 0 aliphatic carbocycles. The van der Waals surface area contributed by atoms with E-state index in [0.29, 0.717) is 17.8 Å². The number of hydrogen-bond acceptors (Lipinski definition) is 7. The van der Waals surface area contributed by atoms with Crippen LogP contribution in [0.1, 0.15) is 35.1 Å². The van der Waals surface area contributed by atoms with Crippen LogP contribution in [0.15, 0.2) is 36.4 Å². The monoisotopic (exact) mass is 449 g/mol. The fourth-order valence-electron chi connectivity index (χ4n) is 4.36. The van der Waals surface area contributed by atoms with E-state index in [1.807, 2.05) is 12.1 Å². The Morgan fingerprint density at radius 2 is 1.52 bits per heavy atom. The summed E-state index contributed by atoms with van der Waals surface area (Å²) >= 11 is 0. The molecule has 1 aliphatic rings. The van der Waals surface area contributed by atoms with E-state index in [1.165, 1.54) is 17.7 Å². The van der Waals surface area contributed by atoms with Gasteiger partial charge in [-0.05, 0) is 62.4 Å². The van der Waals surface area contributed by atoms with Crippen LogP contribution in [0.3, 0.4) is 0 Å². The molecule has 0 saturated carbocycles. The van der Waals surface area contributed by atoms with Crippen molar-refractivity contribution >= 4 is 23.5 Å². The SMILES string of the molecule is CNc1nc(Nc2c(C)cc(C)cc2C)nc(NC2CCN(Cc3ccc(F)cc3)CC2)n1. The van der Waals surface area contributed by atoms with Crippen LogP contribution in [0.25, 0.3) is 0 Å². The van der Waals surface area contributed by atoms with Gasteiger partial charge in [0.1, 0.15) is 5.82 Å². The standard InChI is InChI=1S/C25H32FN7/c1-16-13-17(2)22(18(3)14-16)29-25-31-23(27-4)30-24(32-25)28-21-9-11-33(12-10-21)15-19-5-7-20(26)8-6-19/h5-8,13-14,21H,9-12,15H2,1-4H3,(H3,27,28,29,30,31,32). The molecule has 0 bridgehead atoms. The molecule has 174 valence electrons. The molecule has 1 saturated heterocycles. The number of nitrogens with zero attached hydrogens (tertiary/aromatic N) is 4. The van der Waals surface area contributed by atoms with E-state index in [9.17, 15) is 4.39 Å². The van der Waals surface area contributed by atoms with Crippen molar-refractivity contribution in [2.24, 2.45) is 0 Å². The molecular weight excluding hydrogens is 417 g/mol. The number of anilines is 4. The van der Waals surface area contributed by atoms with Crippen molar-refractivity contribution in [3.8, 4) is 0 Å². The summed E-state index contributed by atoms with van der Waals surface area (Å²) in [4.78, 5) is 16.0. The highest BCUT2D eigenvalue weighted by atomic mass is 19.1. The molecule has 4 rings (SSSR count). The van der Waals surface area contributed by atoms with Crippen molar-refractivity contribution in [1.82, 2.24) is 19.9 Å². The van der Waals surface area contributed by atoms with E-state index in [4.69, 9.17) is 0 Å². The van der Waals surface area contributed by atoms with Crippen LogP contribution in [0.2, 0.25) is 0 Å². The highest BCUT2D eigenvalue weighted by Crippen LogP contribution is 2.25. The highest BCUT2D eigenvalue weighted by Gasteiger charge is 2.20. The highest BCUT2D eigenvalue weighted by molar-refractivity contribution is 5.64. The topological polar surface area (TPSA) is 78.0 Å². The zero-order chi connectivity index (χ0) is 23.4. The first kappa shape index (κ1) is 22.9. The van der Waals surface area contributed by atoms with Crippen molar-refractivity contribution in [2.45, 2.75) is 46.2 Å². The van der Waals surface area contributed by atoms with E-state index in [0.717, 1.165) is 54.9 Å². The summed E-state index contributed by atoms with van der Waals surface area (Å²) < 4.78 is 13.1. The van der Waals surface area contributed by atoms with Gasteiger partial charge in [0.2, 0.25) is 17.8 Å². The van der Waals surface area contributed by atoms with Gasteiger partial charge in [0.05, 0.1) is 0 Å². The molecule has 0 unspecified atom stereocenters. The maximum absolute atomic E-state index is 13.1. The van der Waals surface area contributed by atoms with Gasteiger partial charge in [0, 0.05) is 38.4 Å². The number of rotatable bonds is 7. The van der Waals surface area contributed by atoms with Gasteiger partial charge in [-0.15, -0.1) is 0 Å². The lowest BCUT2D eigenvalue weighted by Crippen LogP contribution is -2.39. The summed E-state index contributed by atoms with van der Waals surface area (Å²) in [5.41, 5.74) is 5.70. The second-order valence-electron chi connectivity index (χ2n) is 8.78. The number of halogens is 1. The Labute approximate surface area is 194 Å². The average molecular weight is 450 g/mol. The van der Waals surface area contributed by atoms with Crippen molar-refractivity contribution in [2.75, 3.05) is 36.1 Å². The molecule has 8 heteroatoms. The van der Waals surface area contributed by atoms with Crippen LogP contribution in [-0.2, 0) is 6.54 Å². The molecular formula is C25H32FN7. The van der Waals surface area contributed by atoms with Crippen molar-refractivity contribution in [3.63, 3.8) is 0 Å². The summed E-state index contributed by atoms with van der Waals surface area (Å²) in [5.74, 6) is 1.41. The maximum Gasteiger partial charge on any atom is 0.233 e. The van der Waals surface area contributed by atoms with Crippen LogP contribution in [0.5, 0.6) is 0 Å². The third kappa shape index (κ3) is 5.96. The van der Waals surface area contributed by atoms with Crippen LogP contribution in [0, 0.1) is 26.6 Å². The smallest absolute Gasteiger partial charge is 0.233 e. The summed E-state index contributed by atoms with van der Waals surface area (Å²) in [5, 5.41) is 9.91. The summed E-state index contributed by atoms with van der Waals surface area (Å²) in [6, 6.07) is 11.3. The minimum Gasteiger partial charge on any atom is -0.357 e. The Bertz CT molecular complexity index is 1070. The average Bonchev–Trinajstić information content (AvgIpc) is 2.79. The molecule has 3 N–H and O–H groups in total. The predicted octanol–water partition coefficient (Wildman–Crippen LogP) is 4.80. The normalized spacial score (nSPS) is 14.8. The van der Waals surface area contributed by atoms with E-state index in [2.05, 4.69) is 68.7 Å². The number of piperidine rings is 1. The van der Waals surface area contributed by atoms with Gasteiger partial charge >= 0.3 is 0 Å². The van der Waals surface area contributed by atoms with Crippen LogP contribution in [0.4, 0.5) is 27.9 Å². The number of benzene rings is 2. The molecule has 7 nitrogen and oxygen atoms in total. The Hall–Kier alpha value is -3.26. The minimum atomic E-state index is -0.193. The van der Waals surface area contributed by atoms with E-state index < -0.39 is 0 Å². The molecule has 0 spiro atoms. The Kier molecular flexibility index (Phi) is 7.03. The molecule has 0 radical (unpaired) electrons. The third-order valence-corrected chi connectivity index (χ3v) is 6.01. The molecule has 1 aromatic heterocycles. The first-order valence-corrected chi connectivity index (χ1v) is 11.4. The lowest BCUT2D eigenvalue weighted by atomic mass is 10.0. The Morgan fingerprint density at radius 1 is 0.909 bits per heavy atom. The molecule has 1 fully saturated rings. The molecule has 1 aliphatic heterocycles. The third-order valence-electron chi connectivity index (χ3n) is 6.01. The van der Waals surface area contributed by atoms with Gasteiger partial charge in [0.15, 0.2) is 0 Å². The molecule has 3 aromatic rings. The van der Waals surface area contributed by atoms with Gasteiger partial charge in [-0.25, -0.2) is 4.39 Å². The van der Waals surface area contributed by atoms with Crippen LogP contribution >= 0.6 is 0 Å². The first-order valence-electron chi connectivity index (χ1n) is 11.4. The zero-order valence-electron chi connectivity index (χ0n) is 19.7. The van der Waals surface area contributed by atoms with Gasteiger partial charge < -0.3 is 16.0 Å². The fraction of sp³-hybridized carbons (Fsp3) is 0.400. The van der Waals surface area contributed by atoms with E-state index >= 15 is 0 Å². The number of nitrogens with one attached hydrogen (secondary N) is 3. The molecule has 2 heterocycles. The molecule has 2 aromatic carbocycles. The second kappa shape index (κ2) is 10.1. The Balaban J connectivity index is 1.40. The lowest BCUT2D eigenvalue weighted by molar-refractivity contribution is 0.211. The predicted molar refractivity (Wildman–Crippen MR) is 132 cm³/mol.